The number of allylic oxidation sites excluding steroid dienone is 2. The molecule has 3 N–H and O–H groups in total. The van der Waals surface area contributed by atoms with Gasteiger partial charge in [0.15, 0.2) is 0 Å². The highest BCUT2D eigenvalue weighted by molar-refractivity contribution is 7.19. The fourth-order valence-corrected chi connectivity index (χ4v) is 4.96. The van der Waals surface area contributed by atoms with Crippen LogP contribution in [0, 0.1) is 11.8 Å². The van der Waals surface area contributed by atoms with Gasteiger partial charge in [-0.05, 0) is 43.7 Å². The van der Waals surface area contributed by atoms with E-state index in [0.717, 1.165) is 15.0 Å². The number of hydrogen-bond acceptors (Lipinski definition) is 5. The molecule has 5 nitrogen and oxygen atoms in total. The van der Waals surface area contributed by atoms with E-state index in [1.54, 1.807) is 19.1 Å². The van der Waals surface area contributed by atoms with E-state index >= 15 is 0 Å². The van der Waals surface area contributed by atoms with Gasteiger partial charge in [-0.15, -0.1) is 11.3 Å². The van der Waals surface area contributed by atoms with Gasteiger partial charge in [0.25, 0.3) is 0 Å². The van der Waals surface area contributed by atoms with Gasteiger partial charge in [0.05, 0.1) is 6.10 Å². The molecular formula is C24H28O5S. The van der Waals surface area contributed by atoms with E-state index in [0.29, 0.717) is 19.3 Å². The number of carbonyl (C=O) groups excluding carboxylic acids is 1. The summed E-state index contributed by atoms with van der Waals surface area (Å²) < 4.78 is 1.10. The van der Waals surface area contributed by atoms with Crippen molar-refractivity contribution in [1.29, 1.82) is 0 Å². The van der Waals surface area contributed by atoms with Crippen LogP contribution >= 0.6 is 11.3 Å². The summed E-state index contributed by atoms with van der Waals surface area (Å²) >= 11 is 1.53. The Labute approximate surface area is 180 Å². The number of fused-ring (bicyclic) bond motifs is 1. The number of aliphatic hydroxyl groups excluding tert-OH is 1. The Kier molecular flexibility index (Phi) is 7.23. The monoisotopic (exact) mass is 428 g/mol. The molecule has 30 heavy (non-hydrogen) atoms. The molecule has 0 amide bonds. The van der Waals surface area contributed by atoms with E-state index in [1.165, 1.54) is 11.3 Å². The largest absolute Gasteiger partial charge is 0.481 e. The third-order valence-corrected chi connectivity index (χ3v) is 6.96. The van der Waals surface area contributed by atoms with Gasteiger partial charge in [0.1, 0.15) is 11.4 Å². The minimum Gasteiger partial charge on any atom is -0.481 e. The van der Waals surface area contributed by atoms with Crippen LogP contribution < -0.4 is 0 Å². The maximum atomic E-state index is 12.4. The maximum absolute atomic E-state index is 12.4. The first-order valence-electron chi connectivity index (χ1n) is 10.3. The van der Waals surface area contributed by atoms with Crippen LogP contribution in [0.2, 0.25) is 0 Å². The molecule has 6 heteroatoms. The SMILES string of the molecule is CC(O)(/C=C/[C@H]1[C@H](O)CC(=O)[C@@H]1C/C=C\CCCC(=O)O)c1cc2ccccc2s1. The summed E-state index contributed by atoms with van der Waals surface area (Å²) in [5.41, 5.74) is -1.19. The fraction of sp³-hybridized carbons (Fsp3) is 0.417. The molecule has 1 aromatic heterocycles. The van der Waals surface area contributed by atoms with Gasteiger partial charge >= 0.3 is 5.97 Å². The lowest BCUT2D eigenvalue weighted by Crippen LogP contribution is -2.21. The van der Waals surface area contributed by atoms with Gasteiger partial charge in [-0.2, -0.15) is 0 Å². The average molecular weight is 429 g/mol. The number of unbranched alkanes of at least 4 members (excludes halogenated alkanes) is 1. The number of carbonyl (C=O) groups is 2. The minimum absolute atomic E-state index is 0.0221. The average Bonchev–Trinajstić information content (AvgIpc) is 3.24. The Morgan fingerprint density at radius 1 is 1.30 bits per heavy atom. The highest BCUT2D eigenvalue weighted by Gasteiger charge is 2.39. The van der Waals surface area contributed by atoms with Crippen molar-refractivity contribution in [2.75, 3.05) is 0 Å². The van der Waals surface area contributed by atoms with E-state index in [9.17, 15) is 19.8 Å². The minimum atomic E-state index is -1.19. The first kappa shape index (κ1) is 22.4. The lowest BCUT2D eigenvalue weighted by atomic mass is 9.89. The van der Waals surface area contributed by atoms with Crippen LogP contribution in [0.5, 0.6) is 0 Å². The van der Waals surface area contributed by atoms with Crippen LogP contribution in [0.25, 0.3) is 10.1 Å². The molecule has 1 unspecified atom stereocenters. The number of Topliss-reactive ketones (excluding diaryl/α,β-unsaturated/α-hetero) is 1. The molecular weight excluding hydrogens is 400 g/mol. The highest BCUT2D eigenvalue weighted by Crippen LogP contribution is 2.37. The Morgan fingerprint density at radius 2 is 2.07 bits per heavy atom. The standard InChI is InChI=1S/C24H28O5S/c1-24(29,22-14-16-8-6-7-10-21(16)30-22)13-12-18-17(19(25)15-20(18)26)9-4-2-3-5-11-23(27)28/h2,4,6-8,10,12-14,17-18,20,26,29H,3,5,9,11,15H2,1H3,(H,27,28)/b4-2-,13-12+/t17-,18-,20-,24?/m1/s1. The molecule has 160 valence electrons. The second-order valence-electron chi connectivity index (χ2n) is 8.07. The summed E-state index contributed by atoms with van der Waals surface area (Å²) in [5, 5.41) is 31.1. The quantitative estimate of drug-likeness (QED) is 0.406. The molecule has 0 saturated heterocycles. The predicted molar refractivity (Wildman–Crippen MR) is 118 cm³/mol. The highest BCUT2D eigenvalue weighted by atomic mass is 32.1. The zero-order valence-electron chi connectivity index (χ0n) is 17.0. The smallest absolute Gasteiger partial charge is 0.303 e. The van der Waals surface area contributed by atoms with Gasteiger partial charge < -0.3 is 15.3 Å². The number of aliphatic carboxylic acids is 1. The van der Waals surface area contributed by atoms with E-state index < -0.39 is 17.7 Å². The normalized spacial score (nSPS) is 24.2. The van der Waals surface area contributed by atoms with Gasteiger partial charge in [-0.1, -0.05) is 42.5 Å². The van der Waals surface area contributed by atoms with Crippen LogP contribution in [-0.2, 0) is 15.2 Å². The summed E-state index contributed by atoms with van der Waals surface area (Å²) in [6.45, 7) is 1.72. The number of carboxylic acids is 1. The Bertz CT molecular complexity index is 922. The number of benzene rings is 1. The Morgan fingerprint density at radius 3 is 2.80 bits per heavy atom. The summed E-state index contributed by atoms with van der Waals surface area (Å²) in [6, 6.07) is 9.92. The summed E-state index contributed by atoms with van der Waals surface area (Å²) in [6.07, 6.45) is 8.48. The number of thiophene rings is 1. The van der Waals surface area contributed by atoms with E-state index in [4.69, 9.17) is 5.11 Å². The lowest BCUT2D eigenvalue weighted by molar-refractivity contribution is -0.137. The van der Waals surface area contributed by atoms with Crippen LogP contribution in [0.3, 0.4) is 0 Å². The van der Waals surface area contributed by atoms with Crippen molar-refractivity contribution < 1.29 is 24.9 Å². The molecule has 1 heterocycles. The van der Waals surface area contributed by atoms with Crippen molar-refractivity contribution in [2.24, 2.45) is 11.8 Å². The third-order valence-electron chi connectivity index (χ3n) is 5.62. The molecule has 1 aliphatic carbocycles. The number of rotatable bonds is 9. The molecule has 1 aromatic carbocycles. The number of carboxylic acid groups (broad SMARTS) is 1. The fourth-order valence-electron chi connectivity index (χ4n) is 3.87. The van der Waals surface area contributed by atoms with Crippen LogP contribution in [0.4, 0.5) is 0 Å². The van der Waals surface area contributed by atoms with Crippen LogP contribution in [0.15, 0.2) is 54.6 Å². The van der Waals surface area contributed by atoms with Crippen molar-refractivity contribution in [3.63, 3.8) is 0 Å². The van der Waals surface area contributed by atoms with Gasteiger partial charge in [-0.25, -0.2) is 0 Å². The zero-order chi connectivity index (χ0) is 21.7. The molecule has 0 radical (unpaired) electrons. The molecule has 0 bridgehead atoms. The van der Waals surface area contributed by atoms with E-state index in [1.807, 2.05) is 42.5 Å². The first-order chi connectivity index (χ1) is 14.3. The summed E-state index contributed by atoms with van der Waals surface area (Å²) in [5.74, 6) is -1.46. The molecule has 1 aliphatic rings. The molecule has 0 aliphatic heterocycles. The van der Waals surface area contributed by atoms with Crippen molar-refractivity contribution >= 4 is 33.2 Å². The van der Waals surface area contributed by atoms with Crippen LogP contribution in [0.1, 0.15) is 43.9 Å². The second-order valence-corrected chi connectivity index (χ2v) is 9.15. The summed E-state index contributed by atoms with van der Waals surface area (Å²) in [7, 11) is 0. The predicted octanol–water partition coefficient (Wildman–Crippen LogP) is 4.43. The van der Waals surface area contributed by atoms with Crippen LogP contribution in [-0.4, -0.2) is 33.2 Å². The molecule has 2 aromatic rings. The van der Waals surface area contributed by atoms with Gasteiger partial charge in [-0.3, -0.25) is 9.59 Å². The molecule has 1 saturated carbocycles. The van der Waals surface area contributed by atoms with Crippen molar-refractivity contribution in [3.05, 3.63) is 59.5 Å². The zero-order valence-corrected chi connectivity index (χ0v) is 17.8. The van der Waals surface area contributed by atoms with Crippen molar-refractivity contribution in [1.82, 2.24) is 0 Å². The molecule has 3 rings (SSSR count). The number of ketones is 1. The first-order valence-corrected chi connectivity index (χ1v) is 11.1. The number of hydrogen-bond donors (Lipinski definition) is 3. The molecule has 4 atom stereocenters. The lowest BCUT2D eigenvalue weighted by Gasteiger charge is -2.21. The Hall–Kier alpha value is -2.28. The second kappa shape index (κ2) is 9.69. The number of aliphatic hydroxyl groups is 2. The van der Waals surface area contributed by atoms with E-state index in [2.05, 4.69) is 0 Å². The van der Waals surface area contributed by atoms with Gasteiger partial charge in [0, 0.05) is 34.3 Å². The topological polar surface area (TPSA) is 94.8 Å². The maximum Gasteiger partial charge on any atom is 0.303 e. The summed E-state index contributed by atoms with van der Waals surface area (Å²) in [4.78, 5) is 23.7. The van der Waals surface area contributed by atoms with Crippen molar-refractivity contribution in [2.45, 2.75) is 50.7 Å². The van der Waals surface area contributed by atoms with Gasteiger partial charge in [0.2, 0.25) is 0 Å². The Balaban J connectivity index is 1.67. The van der Waals surface area contributed by atoms with Crippen molar-refractivity contribution in [3.8, 4) is 0 Å². The third kappa shape index (κ3) is 5.45. The molecule has 1 fully saturated rings. The molecule has 0 spiro atoms. The van der Waals surface area contributed by atoms with E-state index in [-0.39, 0.29) is 30.5 Å².